The Morgan fingerprint density at radius 2 is 2.20 bits per heavy atom. The van der Waals surface area contributed by atoms with Crippen molar-refractivity contribution in [2.24, 2.45) is 5.14 Å². The lowest BCUT2D eigenvalue weighted by molar-refractivity contribution is -0.116. The molecule has 0 radical (unpaired) electrons. The number of nitrogens with one attached hydrogen (secondary N) is 1. The number of anilines is 1. The lowest BCUT2D eigenvalue weighted by Crippen LogP contribution is -2.19. The van der Waals surface area contributed by atoms with E-state index in [1.807, 2.05) is 0 Å². The Bertz CT molecular complexity index is 729. The molecule has 0 bridgehead atoms. The van der Waals surface area contributed by atoms with Crippen LogP contribution in [0.3, 0.4) is 0 Å². The Balaban J connectivity index is 2.12. The molecule has 0 atom stereocenters. The number of nitrogens with zero attached hydrogens (tertiary/aromatic N) is 3. The van der Waals surface area contributed by atoms with Crippen LogP contribution >= 0.6 is 15.9 Å². The Kier molecular flexibility index (Phi) is 4.16. The van der Waals surface area contributed by atoms with Crippen LogP contribution in [0.1, 0.15) is 0 Å². The van der Waals surface area contributed by atoms with Gasteiger partial charge >= 0.3 is 0 Å². The zero-order chi connectivity index (χ0) is 14.8. The van der Waals surface area contributed by atoms with Crippen LogP contribution < -0.4 is 10.5 Å². The number of nitrogens with two attached hydrogens (primary N) is 1. The van der Waals surface area contributed by atoms with E-state index in [2.05, 4.69) is 31.3 Å². The first-order valence-electron chi connectivity index (χ1n) is 5.31. The van der Waals surface area contributed by atoms with Gasteiger partial charge in [0.2, 0.25) is 15.9 Å². The minimum atomic E-state index is -3.78. The zero-order valence-electron chi connectivity index (χ0n) is 10.0. The molecule has 1 amide bonds. The molecular formula is C10H10BrN5O3S. The van der Waals surface area contributed by atoms with Gasteiger partial charge in [-0.25, -0.2) is 23.2 Å². The van der Waals surface area contributed by atoms with E-state index in [0.29, 0.717) is 10.2 Å². The molecule has 0 saturated carbocycles. The molecule has 2 rings (SSSR count). The highest BCUT2D eigenvalue weighted by atomic mass is 79.9. The maximum Gasteiger partial charge on any atom is 0.246 e. The number of hydrogen-bond donors (Lipinski definition) is 2. The quantitative estimate of drug-likeness (QED) is 0.814. The molecule has 0 aliphatic heterocycles. The second kappa shape index (κ2) is 5.69. The van der Waals surface area contributed by atoms with Crippen molar-refractivity contribution in [2.45, 2.75) is 11.4 Å². The molecule has 0 aliphatic rings. The molecule has 0 saturated heterocycles. The third-order valence-electron chi connectivity index (χ3n) is 2.32. The number of hydrogen-bond acceptors (Lipinski definition) is 5. The van der Waals surface area contributed by atoms with E-state index in [4.69, 9.17) is 5.14 Å². The van der Waals surface area contributed by atoms with E-state index in [1.165, 1.54) is 35.5 Å². The summed E-state index contributed by atoms with van der Waals surface area (Å²) in [5, 5.41) is 11.4. The number of halogens is 1. The average molecular weight is 360 g/mol. The summed E-state index contributed by atoms with van der Waals surface area (Å²) in [4.78, 5) is 15.4. The van der Waals surface area contributed by atoms with Crippen LogP contribution in [0.2, 0.25) is 0 Å². The first-order valence-corrected chi connectivity index (χ1v) is 7.65. The van der Waals surface area contributed by atoms with Gasteiger partial charge in [0.1, 0.15) is 19.2 Å². The molecule has 0 fully saturated rings. The minimum absolute atomic E-state index is 0.00335. The summed E-state index contributed by atoms with van der Waals surface area (Å²) in [5.41, 5.74) is 0.433. The van der Waals surface area contributed by atoms with Gasteiger partial charge in [-0.2, -0.15) is 5.10 Å². The predicted molar refractivity (Wildman–Crippen MR) is 74.2 cm³/mol. The molecule has 1 aromatic heterocycles. The number of carbonyl (C=O) groups is 1. The first-order chi connectivity index (χ1) is 9.36. The normalized spacial score (nSPS) is 11.3. The van der Waals surface area contributed by atoms with E-state index >= 15 is 0 Å². The third kappa shape index (κ3) is 3.62. The van der Waals surface area contributed by atoms with Gasteiger partial charge in [0.25, 0.3) is 0 Å². The van der Waals surface area contributed by atoms with Crippen molar-refractivity contribution >= 4 is 37.5 Å². The van der Waals surface area contributed by atoms with Crippen LogP contribution in [-0.4, -0.2) is 29.1 Å². The fourth-order valence-electron chi connectivity index (χ4n) is 1.43. The highest BCUT2D eigenvalue weighted by Crippen LogP contribution is 2.25. The number of primary sulfonamides is 1. The monoisotopic (exact) mass is 359 g/mol. The number of amides is 1. The fourth-order valence-corrected chi connectivity index (χ4v) is 2.59. The highest BCUT2D eigenvalue weighted by molar-refractivity contribution is 9.10. The largest absolute Gasteiger partial charge is 0.323 e. The van der Waals surface area contributed by atoms with Crippen molar-refractivity contribution in [1.82, 2.24) is 14.8 Å². The van der Waals surface area contributed by atoms with Crippen molar-refractivity contribution in [2.75, 3.05) is 5.32 Å². The fraction of sp³-hybridized carbons (Fsp3) is 0.100. The van der Waals surface area contributed by atoms with Gasteiger partial charge in [0.05, 0.1) is 10.6 Å². The smallest absolute Gasteiger partial charge is 0.246 e. The van der Waals surface area contributed by atoms with Crippen molar-refractivity contribution < 1.29 is 13.2 Å². The second-order valence-corrected chi connectivity index (χ2v) is 6.24. The summed E-state index contributed by atoms with van der Waals surface area (Å²) < 4.78 is 24.1. The van der Waals surface area contributed by atoms with Gasteiger partial charge in [-0.1, -0.05) is 0 Å². The maximum absolute atomic E-state index is 11.8. The molecule has 1 aromatic carbocycles. The Hall–Kier alpha value is -1.78. The van der Waals surface area contributed by atoms with Crippen molar-refractivity contribution in [3.63, 3.8) is 0 Å². The minimum Gasteiger partial charge on any atom is -0.323 e. The number of rotatable bonds is 4. The van der Waals surface area contributed by atoms with Gasteiger partial charge in [0, 0.05) is 4.47 Å². The summed E-state index contributed by atoms with van der Waals surface area (Å²) in [6.07, 6.45) is 2.74. The van der Waals surface area contributed by atoms with Crippen molar-refractivity contribution in [3.05, 3.63) is 35.3 Å². The van der Waals surface area contributed by atoms with E-state index in [0.717, 1.165) is 0 Å². The van der Waals surface area contributed by atoms with Crippen LogP contribution in [0.25, 0.3) is 0 Å². The number of sulfonamides is 1. The van der Waals surface area contributed by atoms with Gasteiger partial charge < -0.3 is 5.32 Å². The van der Waals surface area contributed by atoms with Crippen LogP contribution in [0.15, 0.2) is 40.2 Å². The summed E-state index contributed by atoms with van der Waals surface area (Å²) in [5.74, 6) is -0.320. The van der Waals surface area contributed by atoms with Crippen LogP contribution in [-0.2, 0) is 21.4 Å². The molecule has 2 aromatic rings. The van der Waals surface area contributed by atoms with Crippen LogP contribution in [0.5, 0.6) is 0 Å². The molecule has 0 unspecified atom stereocenters. The highest BCUT2D eigenvalue weighted by Gasteiger charge is 2.12. The molecule has 10 heteroatoms. The summed E-state index contributed by atoms with van der Waals surface area (Å²) in [6.45, 7) is 0.00335. The Morgan fingerprint density at radius 1 is 1.45 bits per heavy atom. The summed E-state index contributed by atoms with van der Waals surface area (Å²) in [6, 6.07) is 4.08. The molecule has 0 spiro atoms. The molecule has 20 heavy (non-hydrogen) atoms. The molecule has 3 N–H and O–H groups in total. The topological polar surface area (TPSA) is 120 Å². The van der Waals surface area contributed by atoms with Crippen molar-refractivity contribution in [3.8, 4) is 0 Å². The molecule has 0 aliphatic carbocycles. The maximum atomic E-state index is 11.8. The SMILES string of the molecule is NS(=O)(=O)c1ccc(NC(=O)Cn2cncn2)c(Br)c1. The molecule has 1 heterocycles. The van der Waals surface area contributed by atoms with E-state index in [1.54, 1.807) is 0 Å². The van der Waals surface area contributed by atoms with Gasteiger partial charge in [-0.15, -0.1) is 0 Å². The van der Waals surface area contributed by atoms with E-state index in [-0.39, 0.29) is 17.3 Å². The second-order valence-electron chi connectivity index (χ2n) is 3.83. The van der Waals surface area contributed by atoms with Gasteiger partial charge in [-0.3, -0.25) is 4.79 Å². The molecule has 106 valence electrons. The summed E-state index contributed by atoms with van der Waals surface area (Å²) in [7, 11) is -3.78. The molecular weight excluding hydrogens is 350 g/mol. The van der Waals surface area contributed by atoms with E-state index in [9.17, 15) is 13.2 Å². The lowest BCUT2D eigenvalue weighted by atomic mass is 10.3. The summed E-state index contributed by atoms with van der Waals surface area (Å²) >= 11 is 3.18. The third-order valence-corrected chi connectivity index (χ3v) is 3.88. The van der Waals surface area contributed by atoms with Gasteiger partial charge in [-0.05, 0) is 34.1 Å². The first kappa shape index (κ1) is 14.6. The standard InChI is InChI=1S/C10H10BrN5O3S/c11-8-3-7(20(12,18)19)1-2-9(8)15-10(17)4-16-6-13-5-14-16/h1-3,5-6H,4H2,(H,15,17)(H2,12,18,19). The molecule has 8 nitrogen and oxygen atoms in total. The predicted octanol–water partition coefficient (Wildman–Crippen LogP) is 0.327. The number of carbonyl (C=O) groups excluding carboxylic acids is 1. The Morgan fingerprint density at radius 3 is 2.75 bits per heavy atom. The van der Waals surface area contributed by atoms with Crippen molar-refractivity contribution in [1.29, 1.82) is 0 Å². The zero-order valence-corrected chi connectivity index (χ0v) is 12.4. The van der Waals surface area contributed by atoms with Gasteiger partial charge in [0.15, 0.2) is 0 Å². The van der Waals surface area contributed by atoms with Crippen LogP contribution in [0.4, 0.5) is 5.69 Å². The number of aromatic nitrogens is 3. The lowest BCUT2D eigenvalue weighted by Gasteiger charge is -2.08. The van der Waals surface area contributed by atoms with Crippen LogP contribution in [0, 0.1) is 0 Å². The average Bonchev–Trinajstić information content (AvgIpc) is 2.83. The number of benzene rings is 1. The van der Waals surface area contributed by atoms with E-state index < -0.39 is 10.0 Å². The Labute approximate surface area is 123 Å².